The van der Waals surface area contributed by atoms with Crippen LogP contribution in [0.5, 0.6) is 0 Å². The van der Waals surface area contributed by atoms with Crippen LogP contribution >= 0.6 is 0 Å². The van der Waals surface area contributed by atoms with Crippen LogP contribution in [0.1, 0.15) is 44.7 Å². The Balaban J connectivity index is 2.84. The molecule has 29 heavy (non-hydrogen) atoms. The minimum atomic E-state index is -0.952. The lowest BCUT2D eigenvalue weighted by Crippen LogP contribution is -2.55. The molecule has 0 spiro atoms. The zero-order valence-electron chi connectivity index (χ0n) is 17.4. The molecule has 1 rings (SSSR count). The van der Waals surface area contributed by atoms with Crippen molar-refractivity contribution in [2.75, 3.05) is 0 Å². The minimum absolute atomic E-state index is 0.0428. The topological polar surface area (TPSA) is 128 Å². The largest absolute Gasteiger partial charge is 0.350 e. The van der Waals surface area contributed by atoms with Crippen molar-refractivity contribution in [2.45, 2.75) is 59.2 Å². The summed E-state index contributed by atoms with van der Waals surface area (Å²) >= 11 is 0. The number of hydrogen-bond acceptors (Lipinski definition) is 5. The van der Waals surface area contributed by atoms with Crippen molar-refractivity contribution < 1.29 is 19.2 Å². The summed E-state index contributed by atoms with van der Waals surface area (Å²) in [6.45, 7) is 7.13. The average Bonchev–Trinajstić information content (AvgIpc) is 2.67. The van der Waals surface area contributed by atoms with Gasteiger partial charge in [-0.3, -0.25) is 19.2 Å². The molecule has 8 heteroatoms. The number of nitrogens with one attached hydrogen (secondary N) is 4. The predicted octanol–water partition coefficient (Wildman–Crippen LogP) is 1.26. The summed E-state index contributed by atoms with van der Waals surface area (Å²) in [4.78, 5) is 48.1. The highest BCUT2D eigenvalue weighted by Crippen LogP contribution is 2.07. The third-order valence-corrected chi connectivity index (χ3v) is 4.37. The van der Waals surface area contributed by atoms with Gasteiger partial charge in [-0.1, -0.05) is 43.7 Å². The van der Waals surface area contributed by atoms with Gasteiger partial charge in [-0.2, -0.15) is 0 Å². The van der Waals surface area contributed by atoms with Crippen molar-refractivity contribution in [3.8, 4) is 0 Å². The molecule has 0 unspecified atom stereocenters. The first kappa shape index (κ1) is 24.0. The number of benzene rings is 1. The summed E-state index contributed by atoms with van der Waals surface area (Å²) in [6, 6.07) is 5.92. The number of rotatable bonds is 11. The molecule has 2 atom stereocenters. The number of aryl methyl sites for hydroxylation is 1. The zero-order valence-corrected chi connectivity index (χ0v) is 17.4. The van der Waals surface area contributed by atoms with E-state index in [2.05, 4.69) is 16.0 Å². The highest BCUT2D eigenvalue weighted by atomic mass is 16.2. The van der Waals surface area contributed by atoms with E-state index in [1.807, 2.05) is 31.2 Å². The summed E-state index contributed by atoms with van der Waals surface area (Å²) in [6.07, 6.45) is 0.709. The first-order valence-corrected chi connectivity index (χ1v) is 9.58. The van der Waals surface area contributed by atoms with Crippen molar-refractivity contribution in [3.05, 3.63) is 35.4 Å². The van der Waals surface area contributed by atoms with Gasteiger partial charge in [0.15, 0.2) is 5.78 Å². The summed E-state index contributed by atoms with van der Waals surface area (Å²) in [5.74, 6) is -1.88. The molecule has 0 aliphatic rings. The van der Waals surface area contributed by atoms with Crippen molar-refractivity contribution in [1.82, 2.24) is 16.0 Å². The van der Waals surface area contributed by atoms with E-state index in [1.54, 1.807) is 13.8 Å². The van der Waals surface area contributed by atoms with Gasteiger partial charge in [-0.05, 0) is 24.8 Å². The quantitative estimate of drug-likeness (QED) is 0.415. The summed E-state index contributed by atoms with van der Waals surface area (Å²) in [5, 5.41) is 15.0. The molecule has 0 fully saturated rings. The Morgan fingerprint density at radius 1 is 1.03 bits per heavy atom. The molecule has 0 saturated heterocycles. The van der Waals surface area contributed by atoms with E-state index in [1.165, 1.54) is 6.92 Å². The molecule has 0 aliphatic carbocycles. The second kappa shape index (κ2) is 11.7. The van der Waals surface area contributed by atoms with Crippen LogP contribution in [0.2, 0.25) is 0 Å². The molecule has 8 nitrogen and oxygen atoms in total. The van der Waals surface area contributed by atoms with Crippen LogP contribution in [-0.4, -0.2) is 41.8 Å². The zero-order chi connectivity index (χ0) is 22.0. The van der Waals surface area contributed by atoms with Crippen LogP contribution < -0.4 is 16.0 Å². The molecule has 4 N–H and O–H groups in total. The Labute approximate surface area is 171 Å². The number of carbonyl (C=O) groups excluding carboxylic acids is 4. The van der Waals surface area contributed by atoms with Crippen molar-refractivity contribution in [2.24, 2.45) is 5.92 Å². The fraction of sp³-hybridized carbons (Fsp3) is 0.476. The van der Waals surface area contributed by atoms with Gasteiger partial charge in [-0.25, -0.2) is 0 Å². The van der Waals surface area contributed by atoms with Crippen LogP contribution in [0, 0.1) is 18.3 Å². The highest BCUT2D eigenvalue weighted by Gasteiger charge is 2.28. The Bertz CT molecular complexity index is 744. The number of amides is 3. The molecule has 0 aliphatic heterocycles. The number of hydrogen-bond donors (Lipinski definition) is 4. The van der Waals surface area contributed by atoms with E-state index in [-0.39, 0.29) is 31.2 Å². The van der Waals surface area contributed by atoms with Gasteiger partial charge in [-0.15, -0.1) is 0 Å². The van der Waals surface area contributed by atoms with Crippen molar-refractivity contribution in [3.63, 3.8) is 0 Å². The fourth-order valence-electron chi connectivity index (χ4n) is 2.66. The summed E-state index contributed by atoms with van der Waals surface area (Å²) in [7, 11) is 0. The molecule has 1 aromatic carbocycles. The van der Waals surface area contributed by atoms with Gasteiger partial charge >= 0.3 is 0 Å². The van der Waals surface area contributed by atoms with Gasteiger partial charge in [0.1, 0.15) is 12.1 Å². The van der Waals surface area contributed by atoms with Crippen molar-refractivity contribution >= 4 is 29.7 Å². The van der Waals surface area contributed by atoms with E-state index in [4.69, 9.17) is 5.41 Å². The summed E-state index contributed by atoms with van der Waals surface area (Å²) < 4.78 is 0. The molecule has 0 radical (unpaired) electrons. The van der Waals surface area contributed by atoms with Gasteiger partial charge in [0.2, 0.25) is 17.7 Å². The van der Waals surface area contributed by atoms with Gasteiger partial charge < -0.3 is 21.4 Å². The summed E-state index contributed by atoms with van der Waals surface area (Å²) in [5.41, 5.74) is 2.01. The monoisotopic (exact) mass is 402 g/mol. The van der Waals surface area contributed by atoms with Crippen LogP contribution in [0.25, 0.3) is 0 Å². The molecule has 1 aromatic rings. The first-order chi connectivity index (χ1) is 13.6. The normalized spacial score (nSPS) is 12.6. The Morgan fingerprint density at radius 3 is 2.17 bits per heavy atom. The van der Waals surface area contributed by atoms with Crippen LogP contribution in [0.4, 0.5) is 0 Å². The molecular weight excluding hydrogens is 372 g/mol. The van der Waals surface area contributed by atoms with Crippen LogP contribution in [0.3, 0.4) is 0 Å². The number of Topliss-reactive ketones (excluding diaryl/α,β-unsaturated/α-hetero) is 1. The first-order valence-electron chi connectivity index (χ1n) is 9.58. The fourth-order valence-corrected chi connectivity index (χ4v) is 2.66. The third-order valence-electron chi connectivity index (χ3n) is 4.37. The van der Waals surface area contributed by atoms with E-state index in [0.29, 0.717) is 6.21 Å². The van der Waals surface area contributed by atoms with Crippen LogP contribution in [-0.2, 0) is 25.7 Å². The second-order valence-electron chi connectivity index (χ2n) is 7.34. The lowest BCUT2D eigenvalue weighted by Gasteiger charge is -2.24. The maximum absolute atomic E-state index is 12.7. The molecule has 158 valence electrons. The molecular formula is C21H30N4O4. The second-order valence-corrected chi connectivity index (χ2v) is 7.34. The maximum Gasteiger partial charge on any atom is 0.243 e. The Morgan fingerprint density at radius 2 is 1.66 bits per heavy atom. The maximum atomic E-state index is 12.7. The Hall–Kier alpha value is -3.03. The van der Waals surface area contributed by atoms with E-state index in [0.717, 1.165) is 11.1 Å². The predicted molar refractivity (Wildman–Crippen MR) is 110 cm³/mol. The minimum Gasteiger partial charge on any atom is -0.350 e. The Kier molecular flexibility index (Phi) is 9.71. The molecule has 0 aromatic heterocycles. The highest BCUT2D eigenvalue weighted by molar-refractivity contribution is 6.26. The lowest BCUT2D eigenvalue weighted by molar-refractivity contribution is -0.132. The molecule has 0 saturated carbocycles. The smallest absolute Gasteiger partial charge is 0.243 e. The van der Waals surface area contributed by atoms with Crippen LogP contribution in [0.15, 0.2) is 24.3 Å². The molecule has 3 amide bonds. The third kappa shape index (κ3) is 8.68. The van der Waals surface area contributed by atoms with Gasteiger partial charge in [0.25, 0.3) is 0 Å². The molecule has 0 bridgehead atoms. The lowest BCUT2D eigenvalue weighted by atomic mass is 10.0. The average molecular weight is 402 g/mol. The van der Waals surface area contributed by atoms with E-state index >= 15 is 0 Å². The van der Waals surface area contributed by atoms with E-state index < -0.39 is 29.7 Å². The van der Waals surface area contributed by atoms with Gasteiger partial charge in [0.05, 0.1) is 6.21 Å². The number of ketones is 1. The molecule has 0 heterocycles. The van der Waals surface area contributed by atoms with Crippen molar-refractivity contribution in [1.29, 1.82) is 5.41 Å². The van der Waals surface area contributed by atoms with E-state index in [9.17, 15) is 19.2 Å². The van der Waals surface area contributed by atoms with Gasteiger partial charge in [0, 0.05) is 19.9 Å². The standard InChI is InChI=1S/C21H30N4O4/c1-13(2)19(24-15(4)26)21(29)25-18(10-9-17(27)11-22)20(28)23-12-16-7-5-14(3)6-8-16/h5-8,11,13,18-19,22H,9-10,12H2,1-4H3,(H,23,28)(H,24,26)(H,25,29)/t18-,19-/m0/s1. The SMILES string of the molecule is CC(=O)N[C@H](C(=O)N[C@@H](CCC(=O)C=N)C(=O)NCc1ccc(C)cc1)C(C)C. The number of carbonyl (C=O) groups is 4.